The van der Waals surface area contributed by atoms with E-state index in [9.17, 15) is 0 Å². The molecule has 0 aliphatic heterocycles. The van der Waals surface area contributed by atoms with E-state index in [0.717, 1.165) is 9.86 Å². The molecule has 1 heterocycles. The molecular formula is C9H3BrCl3N. The predicted molar refractivity (Wildman–Crippen MR) is 64.5 cm³/mol. The van der Waals surface area contributed by atoms with Crippen LogP contribution in [0.4, 0.5) is 0 Å². The third-order valence-corrected chi connectivity index (χ3v) is 3.24. The SMILES string of the molecule is Clc1cc(Cl)c2c(Br)ccc(Cl)c2n1. The minimum absolute atomic E-state index is 0.336. The molecule has 0 spiro atoms. The number of fused-ring (bicyclic) bond motifs is 1. The average molecular weight is 311 g/mol. The van der Waals surface area contributed by atoms with E-state index in [4.69, 9.17) is 34.8 Å². The highest BCUT2D eigenvalue weighted by atomic mass is 79.9. The maximum atomic E-state index is 6.03. The summed E-state index contributed by atoms with van der Waals surface area (Å²) in [6.07, 6.45) is 0. The first kappa shape index (κ1) is 10.5. The summed E-state index contributed by atoms with van der Waals surface area (Å²) in [5.41, 5.74) is 0.610. The number of hydrogen-bond acceptors (Lipinski definition) is 1. The normalized spacial score (nSPS) is 10.9. The number of benzene rings is 1. The first-order chi connectivity index (χ1) is 6.59. The number of nitrogens with zero attached hydrogens (tertiary/aromatic N) is 1. The molecule has 0 N–H and O–H groups in total. The van der Waals surface area contributed by atoms with E-state index in [-0.39, 0.29) is 0 Å². The van der Waals surface area contributed by atoms with Crippen molar-refractivity contribution in [2.24, 2.45) is 0 Å². The van der Waals surface area contributed by atoms with Crippen LogP contribution in [0.1, 0.15) is 0 Å². The van der Waals surface area contributed by atoms with Crippen LogP contribution in [-0.4, -0.2) is 4.98 Å². The smallest absolute Gasteiger partial charge is 0.131 e. The molecule has 0 saturated carbocycles. The summed E-state index contributed by atoms with van der Waals surface area (Å²) in [5.74, 6) is 0. The van der Waals surface area contributed by atoms with Crippen LogP contribution in [0.3, 0.4) is 0 Å². The van der Waals surface area contributed by atoms with Crippen LogP contribution >= 0.6 is 50.7 Å². The second-order valence-corrected chi connectivity index (χ2v) is 4.74. The van der Waals surface area contributed by atoms with Crippen molar-refractivity contribution < 1.29 is 0 Å². The lowest BCUT2D eigenvalue weighted by Gasteiger charge is -2.04. The molecule has 0 atom stereocenters. The largest absolute Gasteiger partial charge is 0.234 e. The van der Waals surface area contributed by atoms with Gasteiger partial charge < -0.3 is 0 Å². The molecule has 0 radical (unpaired) electrons. The topological polar surface area (TPSA) is 12.9 Å². The highest BCUT2D eigenvalue weighted by molar-refractivity contribution is 9.10. The summed E-state index contributed by atoms with van der Waals surface area (Å²) in [6, 6.07) is 5.16. The quantitative estimate of drug-likeness (QED) is 0.627. The number of aromatic nitrogens is 1. The van der Waals surface area contributed by atoms with Crippen molar-refractivity contribution in [3.05, 3.63) is 37.9 Å². The predicted octanol–water partition coefficient (Wildman–Crippen LogP) is 4.96. The Kier molecular flexibility index (Phi) is 2.89. The van der Waals surface area contributed by atoms with Crippen LogP contribution in [0.25, 0.3) is 10.9 Å². The fourth-order valence-corrected chi connectivity index (χ4v) is 2.58. The minimum Gasteiger partial charge on any atom is -0.234 e. The fraction of sp³-hybridized carbons (Fsp3) is 0. The summed E-state index contributed by atoms with van der Waals surface area (Å²) in [4.78, 5) is 4.12. The molecule has 0 amide bonds. The molecule has 72 valence electrons. The molecule has 0 aliphatic rings. The number of halogens is 4. The van der Waals surface area contributed by atoms with Gasteiger partial charge in [0.1, 0.15) is 5.15 Å². The zero-order valence-corrected chi connectivity index (χ0v) is 10.5. The van der Waals surface area contributed by atoms with Crippen LogP contribution in [0.15, 0.2) is 22.7 Å². The van der Waals surface area contributed by atoms with Crippen LogP contribution in [-0.2, 0) is 0 Å². The van der Waals surface area contributed by atoms with Gasteiger partial charge in [-0.1, -0.05) is 50.7 Å². The summed E-state index contributed by atoms with van der Waals surface area (Å²) in [5, 5.41) is 2.19. The molecule has 2 aromatic rings. The Morgan fingerprint density at radius 2 is 1.79 bits per heavy atom. The van der Waals surface area contributed by atoms with Crippen LogP contribution < -0.4 is 0 Å². The van der Waals surface area contributed by atoms with E-state index < -0.39 is 0 Å². The van der Waals surface area contributed by atoms with Gasteiger partial charge in [-0.25, -0.2) is 4.98 Å². The second kappa shape index (κ2) is 3.86. The van der Waals surface area contributed by atoms with Gasteiger partial charge in [0.25, 0.3) is 0 Å². The summed E-state index contributed by atoms with van der Waals surface area (Å²) >= 11 is 21.2. The van der Waals surface area contributed by atoms with Crippen molar-refractivity contribution in [3.8, 4) is 0 Å². The molecule has 2 rings (SSSR count). The minimum atomic E-state index is 0.336. The van der Waals surface area contributed by atoms with E-state index in [1.807, 2.05) is 6.07 Å². The van der Waals surface area contributed by atoms with Crippen molar-refractivity contribution >= 4 is 61.6 Å². The molecule has 0 saturated heterocycles. The van der Waals surface area contributed by atoms with E-state index >= 15 is 0 Å². The second-order valence-electron chi connectivity index (χ2n) is 2.68. The molecule has 14 heavy (non-hydrogen) atoms. The maximum absolute atomic E-state index is 6.03. The van der Waals surface area contributed by atoms with E-state index in [2.05, 4.69) is 20.9 Å². The molecular weight excluding hydrogens is 308 g/mol. The Labute approximate surface area is 104 Å². The first-order valence-corrected chi connectivity index (χ1v) is 5.62. The van der Waals surface area contributed by atoms with Gasteiger partial charge >= 0.3 is 0 Å². The summed E-state index contributed by atoms with van der Waals surface area (Å²) < 4.78 is 0.853. The molecule has 5 heteroatoms. The van der Waals surface area contributed by atoms with Gasteiger partial charge in [-0.05, 0) is 18.2 Å². The lowest BCUT2D eigenvalue weighted by atomic mass is 10.2. The lowest BCUT2D eigenvalue weighted by molar-refractivity contribution is 1.41. The Bertz CT molecular complexity index is 513. The van der Waals surface area contributed by atoms with Crippen LogP contribution in [0, 0.1) is 0 Å². The van der Waals surface area contributed by atoms with Gasteiger partial charge in [0.05, 0.1) is 15.6 Å². The molecule has 1 nitrogen and oxygen atoms in total. The van der Waals surface area contributed by atoms with Crippen molar-refractivity contribution in [2.75, 3.05) is 0 Å². The number of pyridine rings is 1. The highest BCUT2D eigenvalue weighted by Crippen LogP contribution is 2.34. The third-order valence-electron chi connectivity index (χ3n) is 1.78. The van der Waals surface area contributed by atoms with E-state index in [1.54, 1.807) is 12.1 Å². The van der Waals surface area contributed by atoms with Crippen molar-refractivity contribution in [1.82, 2.24) is 4.98 Å². The van der Waals surface area contributed by atoms with Crippen molar-refractivity contribution in [1.29, 1.82) is 0 Å². The number of hydrogen-bond donors (Lipinski definition) is 0. The maximum Gasteiger partial charge on any atom is 0.131 e. The number of rotatable bonds is 0. The molecule has 0 aliphatic carbocycles. The molecule has 1 aromatic carbocycles. The zero-order chi connectivity index (χ0) is 10.3. The van der Waals surface area contributed by atoms with Crippen LogP contribution in [0.5, 0.6) is 0 Å². The van der Waals surface area contributed by atoms with Crippen molar-refractivity contribution in [2.45, 2.75) is 0 Å². The Balaban J connectivity index is 3.00. The Hall–Kier alpha value is -0.0200. The van der Waals surface area contributed by atoms with Gasteiger partial charge in [0.2, 0.25) is 0 Å². The lowest BCUT2D eigenvalue weighted by Crippen LogP contribution is -1.84. The van der Waals surface area contributed by atoms with Gasteiger partial charge in [-0.3, -0.25) is 0 Å². The molecule has 0 unspecified atom stereocenters. The van der Waals surface area contributed by atoms with E-state index in [0.29, 0.717) is 20.7 Å². The monoisotopic (exact) mass is 309 g/mol. The standard InChI is InChI=1S/C9H3BrCl3N/c10-4-1-2-5(11)9-8(4)6(12)3-7(13)14-9/h1-3H. The zero-order valence-electron chi connectivity index (χ0n) is 6.69. The molecule has 1 aromatic heterocycles. The van der Waals surface area contributed by atoms with Gasteiger partial charge in [0.15, 0.2) is 0 Å². The highest BCUT2D eigenvalue weighted by Gasteiger charge is 2.09. The van der Waals surface area contributed by atoms with Crippen molar-refractivity contribution in [3.63, 3.8) is 0 Å². The fourth-order valence-electron chi connectivity index (χ4n) is 1.19. The average Bonchev–Trinajstić information content (AvgIpc) is 2.10. The van der Waals surface area contributed by atoms with Gasteiger partial charge in [0, 0.05) is 9.86 Å². The Morgan fingerprint density at radius 3 is 2.50 bits per heavy atom. The summed E-state index contributed by atoms with van der Waals surface area (Å²) in [7, 11) is 0. The van der Waals surface area contributed by atoms with E-state index in [1.165, 1.54) is 0 Å². The Morgan fingerprint density at radius 1 is 1.07 bits per heavy atom. The third kappa shape index (κ3) is 1.72. The molecule has 0 bridgehead atoms. The van der Waals surface area contributed by atoms with Gasteiger partial charge in [-0.2, -0.15) is 0 Å². The first-order valence-electron chi connectivity index (χ1n) is 3.69. The van der Waals surface area contributed by atoms with Crippen LogP contribution in [0.2, 0.25) is 15.2 Å². The van der Waals surface area contributed by atoms with Gasteiger partial charge in [-0.15, -0.1) is 0 Å². The molecule has 0 fully saturated rings. The summed E-state index contributed by atoms with van der Waals surface area (Å²) in [6.45, 7) is 0.